The highest BCUT2D eigenvalue weighted by atomic mass is 15.2. The van der Waals surface area contributed by atoms with Gasteiger partial charge in [0, 0.05) is 24.8 Å². The standard InChI is InChI=1S/C19H26N4/c1-15(2)16-9-5-6-10-17(16)22-18-13-19(21-14-20-18)23-11-7-3-4-8-12-23/h5-6,9-10,13-15H,3-4,7-8,11-12H2,1-2H3,(H,20,21,22). The van der Waals surface area contributed by atoms with Gasteiger partial charge in [0.1, 0.15) is 18.0 Å². The predicted octanol–water partition coefficient (Wildman–Crippen LogP) is 4.72. The summed E-state index contributed by atoms with van der Waals surface area (Å²) in [6, 6.07) is 10.5. The number of nitrogens with one attached hydrogen (secondary N) is 1. The maximum absolute atomic E-state index is 4.48. The topological polar surface area (TPSA) is 41.0 Å². The molecule has 1 aliphatic rings. The molecule has 4 nitrogen and oxygen atoms in total. The van der Waals surface area contributed by atoms with Crippen molar-refractivity contribution in [2.45, 2.75) is 45.4 Å². The number of para-hydroxylation sites is 1. The fourth-order valence-corrected chi connectivity index (χ4v) is 3.14. The molecule has 0 aliphatic carbocycles. The average molecular weight is 310 g/mol. The van der Waals surface area contributed by atoms with Crippen molar-refractivity contribution < 1.29 is 0 Å². The Balaban J connectivity index is 1.80. The highest BCUT2D eigenvalue weighted by Crippen LogP contribution is 2.27. The molecule has 1 aromatic heterocycles. The molecule has 0 atom stereocenters. The molecule has 1 N–H and O–H groups in total. The van der Waals surface area contributed by atoms with Gasteiger partial charge >= 0.3 is 0 Å². The molecule has 0 radical (unpaired) electrons. The monoisotopic (exact) mass is 310 g/mol. The van der Waals surface area contributed by atoms with Gasteiger partial charge in [-0.1, -0.05) is 44.9 Å². The lowest BCUT2D eigenvalue weighted by atomic mass is 10.0. The van der Waals surface area contributed by atoms with Crippen LogP contribution in [-0.2, 0) is 0 Å². The van der Waals surface area contributed by atoms with Gasteiger partial charge in [-0.15, -0.1) is 0 Å². The van der Waals surface area contributed by atoms with Crippen molar-refractivity contribution >= 4 is 17.3 Å². The Bertz CT molecular complexity index is 631. The highest BCUT2D eigenvalue weighted by molar-refractivity contribution is 5.63. The number of anilines is 3. The zero-order chi connectivity index (χ0) is 16.1. The van der Waals surface area contributed by atoms with Crippen LogP contribution in [0.5, 0.6) is 0 Å². The first-order chi connectivity index (χ1) is 11.2. The normalized spacial score (nSPS) is 15.5. The number of hydrogen-bond acceptors (Lipinski definition) is 4. The zero-order valence-corrected chi connectivity index (χ0v) is 14.1. The van der Waals surface area contributed by atoms with Gasteiger partial charge in [0.25, 0.3) is 0 Å². The molecular weight excluding hydrogens is 284 g/mol. The predicted molar refractivity (Wildman–Crippen MR) is 96.5 cm³/mol. The van der Waals surface area contributed by atoms with E-state index in [-0.39, 0.29) is 0 Å². The fourth-order valence-electron chi connectivity index (χ4n) is 3.14. The van der Waals surface area contributed by atoms with Crippen LogP contribution in [0.1, 0.15) is 51.0 Å². The van der Waals surface area contributed by atoms with Crippen LogP contribution in [0, 0.1) is 0 Å². The van der Waals surface area contributed by atoms with Gasteiger partial charge in [-0.2, -0.15) is 0 Å². The van der Waals surface area contributed by atoms with E-state index < -0.39 is 0 Å². The van der Waals surface area contributed by atoms with Crippen molar-refractivity contribution in [2.75, 3.05) is 23.3 Å². The zero-order valence-electron chi connectivity index (χ0n) is 14.1. The molecule has 1 aliphatic heterocycles. The molecule has 122 valence electrons. The molecule has 3 rings (SSSR count). The number of hydrogen-bond donors (Lipinski definition) is 1. The van der Waals surface area contributed by atoms with Gasteiger partial charge in [-0.25, -0.2) is 9.97 Å². The molecule has 0 unspecified atom stereocenters. The van der Waals surface area contributed by atoms with Crippen LogP contribution in [0.3, 0.4) is 0 Å². The van der Waals surface area contributed by atoms with Crippen LogP contribution in [0.15, 0.2) is 36.7 Å². The SMILES string of the molecule is CC(C)c1ccccc1Nc1cc(N2CCCCCC2)ncn1. The molecule has 4 heteroatoms. The molecule has 0 saturated carbocycles. The molecule has 1 aromatic carbocycles. The molecule has 2 aromatic rings. The first-order valence-corrected chi connectivity index (χ1v) is 8.67. The molecule has 0 bridgehead atoms. The van der Waals surface area contributed by atoms with Crippen molar-refractivity contribution in [2.24, 2.45) is 0 Å². The van der Waals surface area contributed by atoms with Crippen LogP contribution in [0.4, 0.5) is 17.3 Å². The summed E-state index contributed by atoms with van der Waals surface area (Å²) in [5.74, 6) is 2.38. The van der Waals surface area contributed by atoms with E-state index in [0.29, 0.717) is 5.92 Å². The lowest BCUT2D eigenvalue weighted by molar-refractivity contribution is 0.726. The van der Waals surface area contributed by atoms with Crippen LogP contribution in [0.25, 0.3) is 0 Å². The quantitative estimate of drug-likeness (QED) is 0.887. The van der Waals surface area contributed by atoms with E-state index in [2.05, 4.69) is 64.4 Å². The first kappa shape index (κ1) is 15.8. The smallest absolute Gasteiger partial charge is 0.135 e. The maximum atomic E-state index is 4.48. The second kappa shape index (κ2) is 7.44. The summed E-state index contributed by atoms with van der Waals surface area (Å²) >= 11 is 0. The van der Waals surface area contributed by atoms with Gasteiger partial charge in [0.15, 0.2) is 0 Å². The van der Waals surface area contributed by atoms with Crippen LogP contribution < -0.4 is 10.2 Å². The summed E-state index contributed by atoms with van der Waals surface area (Å²) in [6.07, 6.45) is 6.83. The van der Waals surface area contributed by atoms with Gasteiger partial charge in [-0.3, -0.25) is 0 Å². The molecular formula is C19H26N4. The summed E-state index contributed by atoms with van der Waals surface area (Å²) < 4.78 is 0. The van der Waals surface area contributed by atoms with Gasteiger partial charge in [-0.05, 0) is 30.4 Å². The van der Waals surface area contributed by atoms with Gasteiger partial charge in [0.05, 0.1) is 0 Å². The summed E-state index contributed by atoms with van der Waals surface area (Å²) in [5.41, 5.74) is 2.44. The minimum Gasteiger partial charge on any atom is -0.356 e. The van der Waals surface area contributed by atoms with E-state index in [1.165, 1.54) is 31.2 Å². The Kier molecular flexibility index (Phi) is 5.11. The second-order valence-electron chi connectivity index (χ2n) is 6.53. The number of benzene rings is 1. The summed E-state index contributed by atoms with van der Waals surface area (Å²) in [5, 5.41) is 3.47. The summed E-state index contributed by atoms with van der Waals surface area (Å²) in [6.45, 7) is 6.62. The van der Waals surface area contributed by atoms with Crippen molar-refractivity contribution in [3.63, 3.8) is 0 Å². The van der Waals surface area contributed by atoms with Gasteiger partial charge in [0.2, 0.25) is 0 Å². The van der Waals surface area contributed by atoms with E-state index in [1.807, 2.05) is 0 Å². The summed E-state index contributed by atoms with van der Waals surface area (Å²) in [7, 11) is 0. The van der Waals surface area contributed by atoms with E-state index in [0.717, 1.165) is 30.4 Å². The average Bonchev–Trinajstić information content (AvgIpc) is 2.85. The van der Waals surface area contributed by atoms with Crippen LogP contribution in [0.2, 0.25) is 0 Å². The second-order valence-corrected chi connectivity index (χ2v) is 6.53. The largest absolute Gasteiger partial charge is 0.356 e. The van der Waals surface area contributed by atoms with E-state index >= 15 is 0 Å². The third-order valence-electron chi connectivity index (χ3n) is 4.43. The van der Waals surface area contributed by atoms with Crippen molar-refractivity contribution in [1.29, 1.82) is 0 Å². The minimum absolute atomic E-state index is 0.477. The number of nitrogens with zero attached hydrogens (tertiary/aromatic N) is 3. The third kappa shape index (κ3) is 4.01. The Labute approximate surface area is 139 Å². The molecule has 0 amide bonds. The van der Waals surface area contributed by atoms with E-state index in [9.17, 15) is 0 Å². The molecule has 0 spiro atoms. The Hall–Kier alpha value is -2.10. The fraction of sp³-hybridized carbons (Fsp3) is 0.474. The molecule has 1 saturated heterocycles. The highest BCUT2D eigenvalue weighted by Gasteiger charge is 2.12. The minimum atomic E-state index is 0.477. The Morgan fingerprint density at radius 1 is 1.00 bits per heavy atom. The van der Waals surface area contributed by atoms with Crippen LogP contribution in [-0.4, -0.2) is 23.1 Å². The van der Waals surface area contributed by atoms with E-state index in [1.54, 1.807) is 6.33 Å². The third-order valence-corrected chi connectivity index (χ3v) is 4.43. The molecule has 1 fully saturated rings. The lowest BCUT2D eigenvalue weighted by Crippen LogP contribution is -2.25. The Morgan fingerprint density at radius 3 is 2.48 bits per heavy atom. The van der Waals surface area contributed by atoms with Crippen LogP contribution >= 0.6 is 0 Å². The first-order valence-electron chi connectivity index (χ1n) is 8.67. The maximum Gasteiger partial charge on any atom is 0.135 e. The number of rotatable bonds is 4. The van der Waals surface area contributed by atoms with Crippen molar-refractivity contribution in [3.8, 4) is 0 Å². The number of aromatic nitrogens is 2. The van der Waals surface area contributed by atoms with Crippen molar-refractivity contribution in [1.82, 2.24) is 9.97 Å². The molecule has 2 heterocycles. The van der Waals surface area contributed by atoms with Gasteiger partial charge < -0.3 is 10.2 Å². The van der Waals surface area contributed by atoms with E-state index in [4.69, 9.17) is 0 Å². The molecule has 23 heavy (non-hydrogen) atoms. The Morgan fingerprint density at radius 2 is 1.74 bits per heavy atom. The van der Waals surface area contributed by atoms with Crippen molar-refractivity contribution in [3.05, 3.63) is 42.2 Å². The lowest BCUT2D eigenvalue weighted by Gasteiger charge is -2.22. The summed E-state index contributed by atoms with van der Waals surface area (Å²) in [4.78, 5) is 11.3.